The van der Waals surface area contributed by atoms with E-state index >= 15 is 0 Å². The minimum Gasteiger partial charge on any atom is -0.341 e. The molecule has 5 rings (SSSR count). The third-order valence-electron chi connectivity index (χ3n) is 4.87. The Labute approximate surface area is 168 Å². The third kappa shape index (κ3) is 3.40. The van der Waals surface area contributed by atoms with Crippen LogP contribution in [0.25, 0.3) is 16.9 Å². The van der Waals surface area contributed by atoms with E-state index in [-0.39, 0.29) is 0 Å². The Hall–Kier alpha value is -3.81. The van der Waals surface area contributed by atoms with Gasteiger partial charge in [0.1, 0.15) is 6.33 Å². The van der Waals surface area contributed by atoms with Gasteiger partial charge in [-0.25, -0.2) is 4.98 Å². The molecule has 3 aromatic heterocycles. The molecule has 1 aliphatic heterocycles. The van der Waals surface area contributed by atoms with Crippen molar-refractivity contribution in [3.05, 3.63) is 66.2 Å². The van der Waals surface area contributed by atoms with Crippen LogP contribution in [0, 0.1) is 6.92 Å². The first kappa shape index (κ1) is 17.3. The second kappa shape index (κ2) is 7.31. The lowest BCUT2D eigenvalue weighted by Crippen LogP contribution is -2.38. The Morgan fingerprint density at radius 3 is 2.83 bits per heavy atom. The molecule has 0 amide bonds. The van der Waals surface area contributed by atoms with Crippen molar-refractivity contribution in [2.75, 3.05) is 23.4 Å². The Bertz CT molecular complexity index is 1180. The van der Waals surface area contributed by atoms with Crippen molar-refractivity contribution in [2.24, 2.45) is 5.10 Å². The number of fused-ring (bicyclic) bond motifs is 1. The lowest BCUT2D eigenvalue weighted by molar-refractivity contribution is 0.601. The molecule has 0 atom stereocenters. The summed E-state index contributed by atoms with van der Waals surface area (Å²) in [5.41, 5.74) is 7.56. The Morgan fingerprint density at radius 2 is 2.07 bits per heavy atom. The van der Waals surface area contributed by atoms with Crippen molar-refractivity contribution in [1.29, 1.82) is 0 Å². The van der Waals surface area contributed by atoms with Crippen LogP contribution in [0.3, 0.4) is 0 Å². The van der Waals surface area contributed by atoms with Crippen molar-refractivity contribution in [1.82, 2.24) is 24.5 Å². The zero-order valence-electron chi connectivity index (χ0n) is 16.0. The highest BCUT2D eigenvalue weighted by molar-refractivity contribution is 5.87. The number of nitrogens with zero attached hydrogens (tertiary/aromatic N) is 7. The van der Waals surface area contributed by atoms with Gasteiger partial charge in [0.2, 0.25) is 5.95 Å². The molecule has 1 saturated heterocycles. The summed E-state index contributed by atoms with van der Waals surface area (Å²) in [5.74, 6) is 1.27. The molecule has 0 aliphatic carbocycles. The molecule has 144 valence electrons. The molecule has 4 aromatic rings. The minimum absolute atomic E-state index is 0.587. The summed E-state index contributed by atoms with van der Waals surface area (Å²) in [6, 6.07) is 12.0. The van der Waals surface area contributed by atoms with E-state index in [9.17, 15) is 0 Å². The van der Waals surface area contributed by atoms with E-state index < -0.39 is 0 Å². The molecule has 29 heavy (non-hydrogen) atoms. The van der Waals surface area contributed by atoms with Crippen molar-refractivity contribution in [2.45, 2.75) is 13.3 Å². The number of pyridine rings is 1. The first-order valence-electron chi connectivity index (χ1n) is 9.54. The van der Waals surface area contributed by atoms with Crippen LogP contribution in [0.1, 0.15) is 17.5 Å². The first-order valence-corrected chi connectivity index (χ1v) is 9.54. The summed E-state index contributed by atoms with van der Waals surface area (Å²) in [7, 11) is 0. The molecular weight excluding hydrogens is 364 g/mol. The molecule has 1 N–H and O–H groups in total. The van der Waals surface area contributed by atoms with Crippen molar-refractivity contribution < 1.29 is 0 Å². The SMILES string of the molecule is Cc1cccc(C=NNc2nc(N3CCC3)nc3c2ncn3-c2cccnc2)c1. The Kier molecular flexibility index (Phi) is 4.36. The van der Waals surface area contributed by atoms with E-state index in [1.54, 1.807) is 24.9 Å². The van der Waals surface area contributed by atoms with E-state index in [0.29, 0.717) is 17.3 Å². The van der Waals surface area contributed by atoms with Crippen molar-refractivity contribution in [3.8, 4) is 5.69 Å². The molecule has 0 radical (unpaired) electrons. The smallest absolute Gasteiger partial charge is 0.229 e. The van der Waals surface area contributed by atoms with Crippen LogP contribution < -0.4 is 10.3 Å². The molecule has 4 heterocycles. The Balaban J connectivity index is 1.54. The van der Waals surface area contributed by atoms with Gasteiger partial charge >= 0.3 is 0 Å². The van der Waals surface area contributed by atoms with Gasteiger partial charge in [-0.2, -0.15) is 15.1 Å². The predicted molar refractivity (Wildman–Crippen MR) is 114 cm³/mol. The maximum Gasteiger partial charge on any atom is 0.229 e. The van der Waals surface area contributed by atoms with Crippen LogP contribution in [0.15, 0.2) is 60.2 Å². The highest BCUT2D eigenvalue weighted by Crippen LogP contribution is 2.26. The monoisotopic (exact) mass is 384 g/mol. The maximum atomic E-state index is 4.77. The lowest BCUT2D eigenvalue weighted by atomic mass is 10.2. The fourth-order valence-electron chi connectivity index (χ4n) is 3.23. The number of hydrazone groups is 1. The molecule has 0 unspecified atom stereocenters. The normalized spacial score (nSPS) is 13.8. The van der Waals surface area contributed by atoms with Crippen LogP contribution in [-0.4, -0.2) is 43.8 Å². The van der Waals surface area contributed by atoms with Gasteiger partial charge in [0.05, 0.1) is 18.1 Å². The number of nitrogens with one attached hydrogen (secondary N) is 1. The highest BCUT2D eigenvalue weighted by atomic mass is 15.4. The van der Waals surface area contributed by atoms with Crippen LogP contribution in [0.2, 0.25) is 0 Å². The second-order valence-corrected chi connectivity index (χ2v) is 6.99. The van der Waals surface area contributed by atoms with Gasteiger partial charge in [0.15, 0.2) is 17.0 Å². The largest absolute Gasteiger partial charge is 0.341 e. The summed E-state index contributed by atoms with van der Waals surface area (Å²) in [6.07, 6.45) is 8.21. The topological polar surface area (TPSA) is 84.1 Å². The number of imidazole rings is 1. The molecule has 8 heteroatoms. The summed E-state index contributed by atoms with van der Waals surface area (Å²) >= 11 is 0. The molecule has 8 nitrogen and oxygen atoms in total. The van der Waals surface area contributed by atoms with Crippen molar-refractivity contribution in [3.63, 3.8) is 0 Å². The fraction of sp³-hybridized carbons (Fsp3) is 0.190. The van der Waals surface area contributed by atoms with Gasteiger partial charge in [-0.05, 0) is 31.0 Å². The number of aryl methyl sites for hydroxylation is 1. The van der Waals surface area contributed by atoms with E-state index in [2.05, 4.69) is 49.4 Å². The van der Waals surface area contributed by atoms with Gasteiger partial charge < -0.3 is 4.90 Å². The molecule has 0 saturated carbocycles. The number of hydrogen-bond acceptors (Lipinski definition) is 7. The van der Waals surface area contributed by atoms with Crippen LogP contribution in [-0.2, 0) is 0 Å². The average molecular weight is 384 g/mol. The fourth-order valence-corrected chi connectivity index (χ4v) is 3.23. The van der Waals surface area contributed by atoms with E-state index in [4.69, 9.17) is 4.98 Å². The number of anilines is 2. The molecule has 1 aliphatic rings. The predicted octanol–water partition coefficient (Wildman–Crippen LogP) is 3.18. The Morgan fingerprint density at radius 1 is 1.14 bits per heavy atom. The molecular formula is C21H20N8. The molecule has 1 fully saturated rings. The zero-order valence-corrected chi connectivity index (χ0v) is 16.0. The summed E-state index contributed by atoms with van der Waals surface area (Å²) in [6.45, 7) is 3.97. The quantitative estimate of drug-likeness (QED) is 0.420. The van der Waals surface area contributed by atoms with Crippen LogP contribution in [0.4, 0.5) is 11.8 Å². The number of aromatic nitrogens is 5. The van der Waals surface area contributed by atoms with Gasteiger partial charge in [0.25, 0.3) is 0 Å². The van der Waals surface area contributed by atoms with Crippen molar-refractivity contribution >= 4 is 29.1 Å². The maximum absolute atomic E-state index is 4.77. The number of hydrogen-bond donors (Lipinski definition) is 1. The van der Waals surface area contributed by atoms with Gasteiger partial charge in [0, 0.05) is 19.3 Å². The van der Waals surface area contributed by atoms with Gasteiger partial charge in [-0.15, -0.1) is 0 Å². The number of rotatable bonds is 5. The van der Waals surface area contributed by atoms with E-state index in [1.807, 2.05) is 28.8 Å². The summed E-state index contributed by atoms with van der Waals surface area (Å²) in [4.78, 5) is 20.3. The van der Waals surface area contributed by atoms with Crippen LogP contribution >= 0.6 is 0 Å². The first-order chi connectivity index (χ1) is 14.3. The molecule has 0 bridgehead atoms. The molecule has 1 aromatic carbocycles. The number of benzene rings is 1. The average Bonchev–Trinajstić information content (AvgIpc) is 3.12. The third-order valence-corrected chi connectivity index (χ3v) is 4.87. The highest BCUT2D eigenvalue weighted by Gasteiger charge is 2.21. The minimum atomic E-state index is 0.587. The van der Waals surface area contributed by atoms with Crippen LogP contribution in [0.5, 0.6) is 0 Å². The van der Waals surface area contributed by atoms with Gasteiger partial charge in [-0.1, -0.05) is 29.8 Å². The standard InChI is InChI=1S/C21H20N8/c1-15-5-2-6-16(11-15)12-24-27-19-18-20(26-21(25-19)28-9-4-10-28)29(14-23-18)17-7-3-8-22-13-17/h2-3,5-8,11-14H,4,9-10H2,1H3,(H,25,26,27). The molecule has 0 spiro atoms. The lowest BCUT2D eigenvalue weighted by Gasteiger charge is -2.30. The van der Waals surface area contributed by atoms with E-state index in [1.165, 1.54) is 5.56 Å². The summed E-state index contributed by atoms with van der Waals surface area (Å²) < 4.78 is 1.92. The zero-order chi connectivity index (χ0) is 19.6. The van der Waals surface area contributed by atoms with E-state index in [0.717, 1.165) is 36.4 Å². The summed E-state index contributed by atoms with van der Waals surface area (Å²) in [5, 5.41) is 4.38. The second-order valence-electron chi connectivity index (χ2n) is 6.99. The van der Waals surface area contributed by atoms with Gasteiger partial charge in [-0.3, -0.25) is 15.0 Å².